The van der Waals surface area contributed by atoms with E-state index in [1.807, 2.05) is 6.07 Å². The molecule has 0 radical (unpaired) electrons. The van der Waals surface area contributed by atoms with Crippen LogP contribution in [0.1, 0.15) is 25.7 Å². The Labute approximate surface area is 112 Å². The van der Waals surface area contributed by atoms with Crippen molar-refractivity contribution in [2.45, 2.75) is 37.8 Å². The number of nitrogens with one attached hydrogen (secondary N) is 1. The van der Waals surface area contributed by atoms with Crippen molar-refractivity contribution >= 4 is 11.4 Å². The van der Waals surface area contributed by atoms with Crippen molar-refractivity contribution in [2.75, 3.05) is 18.4 Å². The highest BCUT2D eigenvalue weighted by atomic mass is 16.6. The predicted molar refractivity (Wildman–Crippen MR) is 74.3 cm³/mol. The van der Waals surface area contributed by atoms with E-state index in [9.17, 15) is 10.1 Å². The second-order valence-electron chi connectivity index (χ2n) is 5.45. The molecule has 2 heterocycles. The van der Waals surface area contributed by atoms with Gasteiger partial charge in [-0.3, -0.25) is 15.0 Å². The summed E-state index contributed by atoms with van der Waals surface area (Å²) in [6.07, 6.45) is 4.98. The zero-order valence-corrected chi connectivity index (χ0v) is 10.9. The molecule has 2 atom stereocenters. The SMILES string of the molecule is O=[N+]([O-])c1cccc(NC2CCN3CCCCC23)c1. The van der Waals surface area contributed by atoms with Gasteiger partial charge in [0, 0.05) is 36.4 Å². The molecule has 19 heavy (non-hydrogen) atoms. The average molecular weight is 261 g/mol. The van der Waals surface area contributed by atoms with E-state index in [-0.39, 0.29) is 10.6 Å². The van der Waals surface area contributed by atoms with Crippen molar-refractivity contribution in [3.8, 4) is 0 Å². The molecule has 2 unspecified atom stereocenters. The van der Waals surface area contributed by atoms with Crippen molar-refractivity contribution < 1.29 is 4.92 Å². The van der Waals surface area contributed by atoms with Crippen LogP contribution in [0.5, 0.6) is 0 Å². The summed E-state index contributed by atoms with van der Waals surface area (Å²) in [5.74, 6) is 0. The molecule has 0 bridgehead atoms. The Kier molecular flexibility index (Phi) is 3.38. The van der Waals surface area contributed by atoms with E-state index in [1.54, 1.807) is 12.1 Å². The first kappa shape index (κ1) is 12.4. The van der Waals surface area contributed by atoms with Crippen LogP contribution in [0.3, 0.4) is 0 Å². The second kappa shape index (κ2) is 5.17. The minimum atomic E-state index is -0.341. The van der Waals surface area contributed by atoms with Crippen LogP contribution in [-0.2, 0) is 0 Å². The standard InChI is InChI=1S/C14H19N3O2/c18-17(19)12-5-3-4-11(10-12)15-13-7-9-16-8-2-1-6-14(13)16/h3-5,10,13-15H,1-2,6-9H2. The molecular weight excluding hydrogens is 242 g/mol. The Morgan fingerprint density at radius 3 is 3.00 bits per heavy atom. The number of fused-ring (bicyclic) bond motifs is 1. The number of nitro benzene ring substituents is 1. The smallest absolute Gasteiger partial charge is 0.271 e. The molecule has 2 fully saturated rings. The molecule has 0 aliphatic carbocycles. The van der Waals surface area contributed by atoms with Gasteiger partial charge in [0.1, 0.15) is 0 Å². The van der Waals surface area contributed by atoms with Crippen molar-refractivity contribution in [3.05, 3.63) is 34.4 Å². The molecule has 0 saturated carbocycles. The van der Waals surface area contributed by atoms with Gasteiger partial charge in [0.15, 0.2) is 0 Å². The van der Waals surface area contributed by atoms with Crippen LogP contribution < -0.4 is 5.32 Å². The van der Waals surface area contributed by atoms with Crippen LogP contribution in [0.25, 0.3) is 0 Å². The summed E-state index contributed by atoms with van der Waals surface area (Å²) in [6.45, 7) is 2.36. The molecule has 2 aliphatic rings. The number of anilines is 1. The molecule has 102 valence electrons. The molecule has 1 aromatic carbocycles. The van der Waals surface area contributed by atoms with Gasteiger partial charge in [0.05, 0.1) is 4.92 Å². The van der Waals surface area contributed by atoms with Gasteiger partial charge in [-0.05, 0) is 31.9 Å². The lowest BCUT2D eigenvalue weighted by atomic mass is 9.99. The summed E-state index contributed by atoms with van der Waals surface area (Å²) >= 11 is 0. The van der Waals surface area contributed by atoms with E-state index in [1.165, 1.54) is 31.9 Å². The Balaban J connectivity index is 1.71. The molecule has 0 spiro atoms. The van der Waals surface area contributed by atoms with Crippen LogP contribution in [0.2, 0.25) is 0 Å². The predicted octanol–water partition coefficient (Wildman–Crippen LogP) is 2.63. The summed E-state index contributed by atoms with van der Waals surface area (Å²) in [5, 5.41) is 14.3. The second-order valence-corrected chi connectivity index (χ2v) is 5.45. The summed E-state index contributed by atoms with van der Waals surface area (Å²) in [6, 6.07) is 7.86. The minimum absolute atomic E-state index is 0.156. The highest BCUT2D eigenvalue weighted by Gasteiger charge is 2.35. The lowest BCUT2D eigenvalue weighted by Gasteiger charge is -2.32. The number of rotatable bonds is 3. The topological polar surface area (TPSA) is 58.4 Å². The van der Waals surface area contributed by atoms with Gasteiger partial charge in [-0.15, -0.1) is 0 Å². The number of hydrogen-bond acceptors (Lipinski definition) is 4. The van der Waals surface area contributed by atoms with Crippen LogP contribution >= 0.6 is 0 Å². The number of benzene rings is 1. The van der Waals surface area contributed by atoms with Crippen molar-refractivity contribution in [3.63, 3.8) is 0 Å². The quantitative estimate of drug-likeness (QED) is 0.671. The van der Waals surface area contributed by atoms with Crippen molar-refractivity contribution in [1.29, 1.82) is 0 Å². The molecule has 0 aromatic heterocycles. The Bertz CT molecular complexity index is 478. The van der Waals surface area contributed by atoms with Crippen LogP contribution in [0.4, 0.5) is 11.4 Å². The van der Waals surface area contributed by atoms with E-state index in [0.29, 0.717) is 12.1 Å². The van der Waals surface area contributed by atoms with E-state index < -0.39 is 0 Å². The molecule has 1 N–H and O–H groups in total. The van der Waals surface area contributed by atoms with Gasteiger partial charge in [-0.2, -0.15) is 0 Å². The zero-order chi connectivity index (χ0) is 13.2. The highest BCUT2D eigenvalue weighted by molar-refractivity contribution is 5.51. The third-order valence-corrected chi connectivity index (χ3v) is 4.27. The van der Waals surface area contributed by atoms with Crippen molar-refractivity contribution in [1.82, 2.24) is 4.90 Å². The summed E-state index contributed by atoms with van der Waals surface area (Å²) in [7, 11) is 0. The molecule has 0 amide bonds. The van der Waals surface area contributed by atoms with Gasteiger partial charge in [0.2, 0.25) is 0 Å². The zero-order valence-electron chi connectivity index (χ0n) is 10.9. The Morgan fingerprint density at radius 2 is 2.16 bits per heavy atom. The number of hydrogen-bond donors (Lipinski definition) is 1. The van der Waals surface area contributed by atoms with Crippen LogP contribution in [0.15, 0.2) is 24.3 Å². The molecule has 2 saturated heterocycles. The molecule has 5 nitrogen and oxygen atoms in total. The van der Waals surface area contributed by atoms with Crippen LogP contribution in [0, 0.1) is 10.1 Å². The molecule has 3 rings (SSSR count). The normalized spacial score (nSPS) is 26.9. The lowest BCUT2D eigenvalue weighted by Crippen LogP contribution is -2.41. The maximum Gasteiger partial charge on any atom is 0.271 e. The maximum absolute atomic E-state index is 10.8. The number of piperidine rings is 1. The number of nitro groups is 1. The maximum atomic E-state index is 10.8. The fraction of sp³-hybridized carbons (Fsp3) is 0.571. The average Bonchev–Trinajstić information content (AvgIpc) is 2.83. The van der Waals surface area contributed by atoms with E-state index in [0.717, 1.165) is 18.7 Å². The van der Waals surface area contributed by atoms with Gasteiger partial charge in [-0.25, -0.2) is 0 Å². The molecular formula is C14H19N3O2. The van der Waals surface area contributed by atoms with Gasteiger partial charge >= 0.3 is 0 Å². The first-order chi connectivity index (χ1) is 9.24. The Morgan fingerprint density at radius 1 is 1.26 bits per heavy atom. The molecule has 5 heteroatoms. The number of non-ortho nitro benzene ring substituents is 1. The summed E-state index contributed by atoms with van der Waals surface area (Å²) in [5.41, 5.74) is 1.02. The minimum Gasteiger partial charge on any atom is -0.380 e. The van der Waals surface area contributed by atoms with Gasteiger partial charge in [0.25, 0.3) is 5.69 Å². The fourth-order valence-corrected chi connectivity index (χ4v) is 3.34. The van der Waals surface area contributed by atoms with Crippen molar-refractivity contribution in [2.24, 2.45) is 0 Å². The molecule has 1 aromatic rings. The largest absolute Gasteiger partial charge is 0.380 e. The highest BCUT2D eigenvalue weighted by Crippen LogP contribution is 2.30. The third-order valence-electron chi connectivity index (χ3n) is 4.27. The third kappa shape index (κ3) is 2.56. The first-order valence-electron chi connectivity index (χ1n) is 6.99. The summed E-state index contributed by atoms with van der Waals surface area (Å²) in [4.78, 5) is 13.0. The van der Waals surface area contributed by atoms with Gasteiger partial charge < -0.3 is 5.32 Å². The fourth-order valence-electron chi connectivity index (χ4n) is 3.34. The van der Waals surface area contributed by atoms with E-state index in [4.69, 9.17) is 0 Å². The monoisotopic (exact) mass is 261 g/mol. The van der Waals surface area contributed by atoms with E-state index in [2.05, 4.69) is 10.2 Å². The first-order valence-corrected chi connectivity index (χ1v) is 6.99. The lowest BCUT2D eigenvalue weighted by molar-refractivity contribution is -0.384. The number of nitrogens with zero attached hydrogens (tertiary/aromatic N) is 2. The van der Waals surface area contributed by atoms with Gasteiger partial charge in [-0.1, -0.05) is 12.5 Å². The van der Waals surface area contributed by atoms with Crippen LogP contribution in [-0.4, -0.2) is 35.0 Å². The summed E-state index contributed by atoms with van der Waals surface area (Å²) < 4.78 is 0. The molecule has 2 aliphatic heterocycles. The van der Waals surface area contributed by atoms with E-state index >= 15 is 0 Å². The Hall–Kier alpha value is -1.62.